The minimum atomic E-state index is 0. The van der Waals surface area contributed by atoms with E-state index < -0.39 is 0 Å². The van der Waals surface area contributed by atoms with Gasteiger partial charge in [0.05, 0.1) is 11.6 Å². The van der Waals surface area contributed by atoms with E-state index in [1.54, 1.807) is 7.11 Å². The molecule has 0 saturated carbocycles. The highest BCUT2D eigenvalue weighted by atomic mass is 79.9. The van der Waals surface area contributed by atoms with E-state index in [0.29, 0.717) is 17.8 Å². The summed E-state index contributed by atoms with van der Waals surface area (Å²) in [4.78, 5) is 16.6. The van der Waals surface area contributed by atoms with Crippen LogP contribution in [0.1, 0.15) is 33.8 Å². The molecule has 3 heterocycles. The van der Waals surface area contributed by atoms with Gasteiger partial charge in [-0.15, -0.1) is 23.7 Å². The predicted molar refractivity (Wildman–Crippen MR) is 91.0 cm³/mol. The number of ether oxygens (including phenoxy) is 1. The van der Waals surface area contributed by atoms with Crippen LogP contribution in [0.15, 0.2) is 4.47 Å². The third-order valence-corrected chi connectivity index (χ3v) is 6.47. The Kier molecular flexibility index (Phi) is 5.57. The molecule has 1 amide bonds. The van der Waals surface area contributed by atoms with Crippen LogP contribution < -0.4 is 10.1 Å². The minimum Gasteiger partial charge on any atom is -0.494 e. The van der Waals surface area contributed by atoms with Crippen molar-refractivity contribution in [3.8, 4) is 5.75 Å². The van der Waals surface area contributed by atoms with Gasteiger partial charge >= 0.3 is 0 Å². The summed E-state index contributed by atoms with van der Waals surface area (Å²) in [6.07, 6.45) is 3.48. The van der Waals surface area contributed by atoms with Crippen LogP contribution >= 0.6 is 39.7 Å². The number of rotatable bonds is 2. The molecule has 0 spiro atoms. The zero-order chi connectivity index (χ0) is 14.3. The Hall–Kier alpha value is -0.300. The Morgan fingerprint density at radius 2 is 2.10 bits per heavy atom. The maximum atomic E-state index is 12.8. The third kappa shape index (κ3) is 3.23. The molecule has 0 aromatic carbocycles. The molecule has 2 atom stereocenters. The van der Waals surface area contributed by atoms with E-state index in [-0.39, 0.29) is 18.3 Å². The number of likely N-dealkylation sites (tertiary alicyclic amines) is 1. The van der Waals surface area contributed by atoms with E-state index in [0.717, 1.165) is 33.7 Å². The van der Waals surface area contributed by atoms with Crippen molar-refractivity contribution in [3.05, 3.63) is 14.2 Å². The van der Waals surface area contributed by atoms with Gasteiger partial charge in [0.2, 0.25) is 0 Å². The lowest BCUT2D eigenvalue weighted by Crippen LogP contribution is -2.38. The Balaban J connectivity index is 0.00000161. The van der Waals surface area contributed by atoms with Gasteiger partial charge in [-0.3, -0.25) is 4.79 Å². The number of carbonyl (C=O) groups excluding carboxylic acids is 1. The molecule has 0 aliphatic carbocycles. The minimum absolute atomic E-state index is 0. The first-order valence-corrected chi connectivity index (χ1v) is 8.59. The highest BCUT2D eigenvalue weighted by Gasteiger charge is 2.33. The molecule has 0 radical (unpaired) electrons. The number of aryl methyl sites for hydroxylation is 1. The summed E-state index contributed by atoms with van der Waals surface area (Å²) in [6, 6.07) is 1.05. The molecule has 2 unspecified atom stereocenters. The van der Waals surface area contributed by atoms with E-state index in [9.17, 15) is 4.79 Å². The maximum Gasteiger partial charge on any atom is 0.267 e. The molecular weight excluding hydrogens is 376 g/mol. The van der Waals surface area contributed by atoms with Crippen molar-refractivity contribution in [2.24, 2.45) is 0 Å². The van der Waals surface area contributed by atoms with Gasteiger partial charge in [-0.2, -0.15) is 0 Å². The Morgan fingerprint density at radius 3 is 2.81 bits per heavy atom. The Morgan fingerprint density at radius 1 is 1.38 bits per heavy atom. The van der Waals surface area contributed by atoms with Gasteiger partial charge in [-0.1, -0.05) is 0 Å². The summed E-state index contributed by atoms with van der Waals surface area (Å²) < 4.78 is 6.31. The van der Waals surface area contributed by atoms with Gasteiger partial charge in [0.1, 0.15) is 4.88 Å². The topological polar surface area (TPSA) is 41.6 Å². The molecule has 2 fully saturated rings. The summed E-state index contributed by atoms with van der Waals surface area (Å²) in [6.45, 7) is 3.65. The lowest BCUT2D eigenvalue weighted by Gasteiger charge is -2.24. The number of carbonyl (C=O) groups is 1. The molecule has 2 aliphatic rings. The maximum absolute atomic E-state index is 12.8. The van der Waals surface area contributed by atoms with Crippen molar-refractivity contribution >= 4 is 45.6 Å². The second-order valence-electron chi connectivity index (χ2n) is 5.51. The van der Waals surface area contributed by atoms with Crippen LogP contribution in [-0.2, 0) is 0 Å². The Bertz CT molecular complexity index is 537. The number of hydrogen-bond acceptors (Lipinski definition) is 4. The molecule has 7 heteroatoms. The van der Waals surface area contributed by atoms with Gasteiger partial charge in [0, 0.05) is 30.1 Å². The van der Waals surface area contributed by atoms with E-state index >= 15 is 0 Å². The number of nitrogens with zero attached hydrogens (tertiary/aromatic N) is 1. The molecule has 4 nitrogen and oxygen atoms in total. The number of fused-ring (bicyclic) bond motifs is 2. The zero-order valence-corrected chi connectivity index (χ0v) is 15.4. The molecule has 3 rings (SSSR count). The van der Waals surface area contributed by atoms with Crippen LogP contribution in [-0.4, -0.2) is 43.1 Å². The van der Waals surface area contributed by atoms with Crippen LogP contribution in [0.25, 0.3) is 0 Å². The SMILES string of the molecule is COc1c(C(=O)N2CCC3CCC(C2)N3)sc(C)c1Br.Cl. The van der Waals surface area contributed by atoms with Gasteiger partial charge < -0.3 is 15.0 Å². The number of halogens is 2. The fraction of sp³-hybridized carbons (Fsp3) is 0.643. The second-order valence-corrected chi connectivity index (χ2v) is 7.53. The van der Waals surface area contributed by atoms with Crippen LogP contribution in [0.5, 0.6) is 5.75 Å². The molecule has 1 N–H and O–H groups in total. The highest BCUT2D eigenvalue weighted by molar-refractivity contribution is 9.10. The molecule has 2 saturated heterocycles. The number of methoxy groups -OCH3 is 1. The fourth-order valence-electron chi connectivity index (χ4n) is 3.10. The quantitative estimate of drug-likeness (QED) is 0.836. The monoisotopic (exact) mass is 394 g/mol. The van der Waals surface area contributed by atoms with E-state index in [1.807, 2.05) is 11.8 Å². The molecule has 2 bridgehead atoms. The fourth-order valence-corrected chi connectivity index (χ4v) is 4.82. The largest absolute Gasteiger partial charge is 0.494 e. The highest BCUT2D eigenvalue weighted by Crippen LogP contribution is 2.40. The van der Waals surface area contributed by atoms with Crippen LogP contribution in [0, 0.1) is 6.92 Å². The summed E-state index contributed by atoms with van der Waals surface area (Å²) in [5.74, 6) is 0.787. The number of hydrogen-bond donors (Lipinski definition) is 1. The number of amides is 1. The van der Waals surface area contributed by atoms with Crippen molar-refractivity contribution in [1.82, 2.24) is 10.2 Å². The molecule has 1 aromatic rings. The van der Waals surface area contributed by atoms with E-state index in [1.165, 1.54) is 24.2 Å². The van der Waals surface area contributed by atoms with Crippen molar-refractivity contribution in [1.29, 1.82) is 0 Å². The average Bonchev–Trinajstić information content (AvgIpc) is 2.90. The standard InChI is InChI=1S/C14H19BrN2O2S.ClH/c1-8-11(15)12(19-2)13(20-8)14(18)17-6-5-9-3-4-10(7-17)16-9;/h9-10,16H,3-7H2,1-2H3;1H. The third-order valence-electron chi connectivity index (χ3n) is 4.18. The molecule has 2 aliphatic heterocycles. The predicted octanol–water partition coefficient (Wildman–Crippen LogP) is 3.22. The first kappa shape index (κ1) is 17.1. The van der Waals surface area contributed by atoms with Gasteiger partial charge in [-0.05, 0) is 42.1 Å². The molecular formula is C14H20BrClN2O2S. The van der Waals surface area contributed by atoms with Crippen LogP contribution in [0.4, 0.5) is 0 Å². The first-order valence-electron chi connectivity index (χ1n) is 6.98. The smallest absolute Gasteiger partial charge is 0.267 e. The van der Waals surface area contributed by atoms with Crippen molar-refractivity contribution in [3.63, 3.8) is 0 Å². The Labute approximate surface area is 143 Å². The molecule has 21 heavy (non-hydrogen) atoms. The lowest BCUT2D eigenvalue weighted by molar-refractivity contribution is 0.0750. The van der Waals surface area contributed by atoms with Gasteiger partial charge in [0.25, 0.3) is 5.91 Å². The number of nitrogens with one attached hydrogen (secondary N) is 1. The normalized spacial score (nSPS) is 24.4. The van der Waals surface area contributed by atoms with Crippen molar-refractivity contribution in [2.75, 3.05) is 20.2 Å². The second kappa shape index (κ2) is 6.86. The lowest BCUT2D eigenvalue weighted by atomic mass is 10.1. The van der Waals surface area contributed by atoms with Crippen molar-refractivity contribution < 1.29 is 9.53 Å². The number of thiophene rings is 1. The van der Waals surface area contributed by atoms with Crippen LogP contribution in [0.2, 0.25) is 0 Å². The summed E-state index contributed by atoms with van der Waals surface area (Å²) >= 11 is 5.01. The summed E-state index contributed by atoms with van der Waals surface area (Å²) in [5.41, 5.74) is 0. The zero-order valence-electron chi connectivity index (χ0n) is 12.1. The van der Waals surface area contributed by atoms with Gasteiger partial charge in [0.15, 0.2) is 5.75 Å². The van der Waals surface area contributed by atoms with Crippen molar-refractivity contribution in [2.45, 2.75) is 38.3 Å². The van der Waals surface area contributed by atoms with Gasteiger partial charge in [-0.25, -0.2) is 0 Å². The summed E-state index contributed by atoms with van der Waals surface area (Å²) in [7, 11) is 1.62. The van der Waals surface area contributed by atoms with E-state index in [4.69, 9.17) is 4.74 Å². The average molecular weight is 396 g/mol. The molecule has 1 aromatic heterocycles. The van der Waals surface area contributed by atoms with E-state index in [2.05, 4.69) is 21.2 Å². The first-order chi connectivity index (χ1) is 9.60. The summed E-state index contributed by atoms with van der Waals surface area (Å²) in [5, 5.41) is 3.60. The molecule has 118 valence electrons. The van der Waals surface area contributed by atoms with Crippen LogP contribution in [0.3, 0.4) is 0 Å².